The maximum atomic E-state index is 11.1. The van der Waals surface area contributed by atoms with E-state index in [-0.39, 0.29) is 18.0 Å². The van der Waals surface area contributed by atoms with Gasteiger partial charge < -0.3 is 4.74 Å². The van der Waals surface area contributed by atoms with Crippen LogP contribution in [-0.4, -0.2) is 4.92 Å². The molecule has 2 rings (SSSR count). The van der Waals surface area contributed by atoms with Crippen molar-refractivity contribution < 1.29 is 9.66 Å². The lowest BCUT2D eigenvalue weighted by molar-refractivity contribution is -0.386. The molecule has 0 saturated carbocycles. The van der Waals surface area contributed by atoms with Crippen LogP contribution in [0.3, 0.4) is 0 Å². The van der Waals surface area contributed by atoms with Crippen LogP contribution in [0.25, 0.3) is 0 Å². The highest BCUT2D eigenvalue weighted by atomic mass is 79.9. The summed E-state index contributed by atoms with van der Waals surface area (Å²) < 4.78 is 6.43. The summed E-state index contributed by atoms with van der Waals surface area (Å²) in [4.78, 5) is 10.7. The van der Waals surface area contributed by atoms with Gasteiger partial charge in [-0.15, -0.1) is 0 Å². The Labute approximate surface area is 136 Å². The zero-order valence-corrected chi connectivity index (χ0v) is 13.6. The van der Waals surface area contributed by atoms with Crippen molar-refractivity contribution >= 4 is 33.2 Å². The molecule has 4 nitrogen and oxygen atoms in total. The average molecular weight is 371 g/mol. The Morgan fingerprint density at radius 3 is 2.67 bits per heavy atom. The van der Waals surface area contributed by atoms with E-state index in [0.29, 0.717) is 5.02 Å². The third-order valence-corrected chi connectivity index (χ3v) is 3.87. The first-order valence-corrected chi connectivity index (χ1v) is 7.52. The molecule has 6 heteroatoms. The zero-order chi connectivity index (χ0) is 15.4. The highest BCUT2D eigenvalue weighted by Gasteiger charge is 2.16. The summed E-state index contributed by atoms with van der Waals surface area (Å²) in [6.45, 7) is 2.12. The molecule has 0 fully saturated rings. The zero-order valence-electron chi connectivity index (χ0n) is 11.3. The molecule has 0 aliphatic heterocycles. The molecule has 0 amide bonds. The normalized spacial score (nSPS) is 10.4. The highest BCUT2D eigenvalue weighted by molar-refractivity contribution is 9.10. The van der Waals surface area contributed by atoms with Gasteiger partial charge in [-0.25, -0.2) is 0 Å². The second-order valence-electron chi connectivity index (χ2n) is 4.44. The van der Waals surface area contributed by atoms with Crippen molar-refractivity contribution in [1.29, 1.82) is 0 Å². The smallest absolute Gasteiger partial charge is 0.311 e. The predicted octanol–water partition coefficient (Wildman–Crippen LogP) is 5.15. The van der Waals surface area contributed by atoms with E-state index in [4.69, 9.17) is 16.3 Å². The van der Waals surface area contributed by atoms with Crippen LogP contribution in [0.4, 0.5) is 5.69 Å². The lowest BCUT2D eigenvalue weighted by atomic mass is 10.1. The van der Waals surface area contributed by atoms with Crippen molar-refractivity contribution in [3.63, 3.8) is 0 Å². The van der Waals surface area contributed by atoms with Crippen molar-refractivity contribution in [3.05, 3.63) is 67.1 Å². The van der Waals surface area contributed by atoms with E-state index in [9.17, 15) is 10.1 Å². The maximum Gasteiger partial charge on any atom is 0.311 e. The molecule has 0 saturated heterocycles. The van der Waals surface area contributed by atoms with E-state index in [1.165, 1.54) is 0 Å². The predicted molar refractivity (Wildman–Crippen MR) is 86.0 cm³/mol. The summed E-state index contributed by atoms with van der Waals surface area (Å²) in [5.41, 5.74) is 1.65. The average Bonchev–Trinajstić information content (AvgIpc) is 2.46. The molecule has 0 spiro atoms. The Morgan fingerprint density at radius 2 is 2.05 bits per heavy atom. The number of halogens is 2. The molecule has 0 aliphatic carbocycles. The number of aryl methyl sites for hydroxylation is 1. The number of ether oxygens (including phenoxy) is 1. The lowest BCUT2D eigenvalue weighted by Gasteiger charge is -2.09. The van der Waals surface area contributed by atoms with Crippen molar-refractivity contribution in [1.82, 2.24) is 0 Å². The van der Waals surface area contributed by atoms with Crippen LogP contribution in [0.1, 0.15) is 18.1 Å². The topological polar surface area (TPSA) is 52.4 Å². The summed E-state index contributed by atoms with van der Waals surface area (Å²) in [7, 11) is 0. The van der Waals surface area contributed by atoms with Gasteiger partial charge in [0.05, 0.1) is 4.92 Å². The number of nitro benzene ring substituents is 1. The standard InChI is InChI=1S/C15H13BrClNO3/c1-2-10-3-6-15(14(7-10)18(19)20)21-9-11-4-5-12(16)8-13(11)17/h3-8H,2,9H2,1H3. The minimum Gasteiger partial charge on any atom is -0.482 e. The van der Waals surface area contributed by atoms with Crippen LogP contribution in [0.5, 0.6) is 5.75 Å². The fourth-order valence-corrected chi connectivity index (χ4v) is 2.57. The van der Waals surface area contributed by atoms with E-state index in [0.717, 1.165) is 22.0 Å². The quantitative estimate of drug-likeness (QED) is 0.540. The van der Waals surface area contributed by atoms with Crippen LogP contribution in [0, 0.1) is 10.1 Å². The Balaban J connectivity index is 2.21. The molecule has 2 aromatic carbocycles. The summed E-state index contributed by atoms with van der Waals surface area (Å²) in [5.74, 6) is 0.246. The molecule has 110 valence electrons. The first-order valence-electron chi connectivity index (χ1n) is 6.35. The second-order valence-corrected chi connectivity index (χ2v) is 5.76. The van der Waals surface area contributed by atoms with E-state index in [2.05, 4.69) is 15.9 Å². The van der Waals surface area contributed by atoms with Crippen LogP contribution < -0.4 is 4.74 Å². The maximum absolute atomic E-state index is 11.1. The summed E-state index contributed by atoms with van der Waals surface area (Å²) in [5, 5.41) is 11.7. The van der Waals surface area contributed by atoms with Gasteiger partial charge in [0.2, 0.25) is 0 Å². The minimum absolute atomic E-state index is 0.0254. The van der Waals surface area contributed by atoms with Crippen molar-refractivity contribution in [2.45, 2.75) is 20.0 Å². The third-order valence-electron chi connectivity index (χ3n) is 3.03. The summed E-state index contributed by atoms with van der Waals surface area (Å²) in [6.07, 6.45) is 0.736. The number of rotatable bonds is 5. The molecule has 0 N–H and O–H groups in total. The van der Waals surface area contributed by atoms with Gasteiger partial charge in [-0.05, 0) is 30.2 Å². The van der Waals surface area contributed by atoms with Crippen LogP contribution in [0.2, 0.25) is 5.02 Å². The van der Waals surface area contributed by atoms with Gasteiger partial charge in [0.15, 0.2) is 5.75 Å². The Hall–Kier alpha value is -1.59. The monoisotopic (exact) mass is 369 g/mol. The second kappa shape index (κ2) is 6.91. The fraction of sp³-hybridized carbons (Fsp3) is 0.200. The van der Waals surface area contributed by atoms with E-state index < -0.39 is 4.92 Å². The minimum atomic E-state index is -0.433. The number of benzene rings is 2. The van der Waals surface area contributed by atoms with Gasteiger partial charge in [0.1, 0.15) is 6.61 Å². The van der Waals surface area contributed by atoms with E-state index in [1.807, 2.05) is 25.1 Å². The number of nitro groups is 1. The molecule has 2 aromatic rings. The number of hydrogen-bond donors (Lipinski definition) is 0. The first-order chi connectivity index (χ1) is 10.0. The molecule has 0 aliphatic rings. The lowest BCUT2D eigenvalue weighted by Crippen LogP contribution is -2.00. The van der Waals surface area contributed by atoms with E-state index >= 15 is 0 Å². The molecule has 0 unspecified atom stereocenters. The Morgan fingerprint density at radius 1 is 1.29 bits per heavy atom. The number of hydrogen-bond acceptors (Lipinski definition) is 3. The molecule has 0 atom stereocenters. The van der Waals surface area contributed by atoms with Gasteiger partial charge in [-0.2, -0.15) is 0 Å². The van der Waals surface area contributed by atoms with Crippen molar-refractivity contribution in [2.75, 3.05) is 0 Å². The molecular weight excluding hydrogens is 358 g/mol. The molecule has 0 radical (unpaired) electrons. The SMILES string of the molecule is CCc1ccc(OCc2ccc(Br)cc2Cl)c([N+](=O)[O-])c1. The number of nitrogens with zero attached hydrogens (tertiary/aromatic N) is 1. The molecule has 21 heavy (non-hydrogen) atoms. The largest absolute Gasteiger partial charge is 0.482 e. The van der Waals surface area contributed by atoms with Crippen LogP contribution in [0.15, 0.2) is 40.9 Å². The van der Waals surface area contributed by atoms with Gasteiger partial charge in [0.25, 0.3) is 0 Å². The Bertz CT molecular complexity index is 676. The van der Waals surface area contributed by atoms with Gasteiger partial charge in [0, 0.05) is 21.1 Å². The molecule has 0 heterocycles. The first kappa shape index (κ1) is 15.8. The third kappa shape index (κ3) is 3.95. The van der Waals surface area contributed by atoms with Crippen molar-refractivity contribution in [3.8, 4) is 5.75 Å². The summed E-state index contributed by atoms with van der Waals surface area (Å²) in [6, 6.07) is 10.4. The van der Waals surface area contributed by atoms with Crippen LogP contribution in [-0.2, 0) is 13.0 Å². The molecule has 0 bridgehead atoms. The fourth-order valence-electron chi connectivity index (χ4n) is 1.84. The van der Waals surface area contributed by atoms with Crippen LogP contribution >= 0.6 is 27.5 Å². The van der Waals surface area contributed by atoms with Gasteiger partial charge in [-0.1, -0.05) is 46.6 Å². The van der Waals surface area contributed by atoms with Crippen molar-refractivity contribution in [2.24, 2.45) is 0 Å². The molecular formula is C15H13BrClNO3. The highest BCUT2D eigenvalue weighted by Crippen LogP contribution is 2.30. The summed E-state index contributed by atoms with van der Waals surface area (Å²) >= 11 is 9.43. The van der Waals surface area contributed by atoms with Gasteiger partial charge >= 0.3 is 5.69 Å². The molecule has 0 aromatic heterocycles. The van der Waals surface area contributed by atoms with Gasteiger partial charge in [-0.3, -0.25) is 10.1 Å². The Kier molecular flexibility index (Phi) is 5.20. The van der Waals surface area contributed by atoms with E-state index in [1.54, 1.807) is 18.2 Å².